The Morgan fingerprint density at radius 2 is 1.95 bits per heavy atom. The first-order valence-corrected chi connectivity index (χ1v) is 6.71. The molecule has 0 spiro atoms. The van der Waals surface area contributed by atoms with Gasteiger partial charge in [0.15, 0.2) is 24.0 Å². The summed E-state index contributed by atoms with van der Waals surface area (Å²) in [7, 11) is 1.73. The molecule has 0 fully saturated rings. The normalized spacial score (nSPS) is 10.8. The molecule has 21 heavy (non-hydrogen) atoms. The second-order valence-corrected chi connectivity index (χ2v) is 5.13. The zero-order valence-corrected chi connectivity index (χ0v) is 12.4. The summed E-state index contributed by atoms with van der Waals surface area (Å²) < 4.78 is 2.27. The predicted molar refractivity (Wildman–Crippen MR) is 78.7 cm³/mol. The molecule has 0 aliphatic heterocycles. The summed E-state index contributed by atoms with van der Waals surface area (Å²) in [5, 5.41) is 16.4. The van der Waals surface area contributed by atoms with Crippen LogP contribution in [-0.2, 0) is 7.05 Å². The quantitative estimate of drug-likeness (QED) is 0.537. The molecule has 0 bridgehead atoms. The van der Waals surface area contributed by atoms with Gasteiger partial charge in [-0.1, -0.05) is 23.2 Å². The minimum Gasteiger partial charge on any atom is -0.619 e. The summed E-state index contributed by atoms with van der Waals surface area (Å²) in [4.78, 5) is 8.31. The third-order valence-electron chi connectivity index (χ3n) is 2.87. The minimum atomic E-state index is 0.367. The van der Waals surface area contributed by atoms with Crippen LogP contribution in [0.4, 0.5) is 0 Å². The molecule has 8 heteroatoms. The van der Waals surface area contributed by atoms with E-state index in [0.29, 0.717) is 37.6 Å². The standard InChI is InChI=1S/C13H9Cl2N5O/c1-19-13(8-3-2-4-20(21)7-8)17-12(18-19)11-9(14)5-16-6-10(11)15/h2-7H,1H3. The van der Waals surface area contributed by atoms with Crippen LogP contribution in [0.3, 0.4) is 0 Å². The Morgan fingerprint density at radius 3 is 2.62 bits per heavy atom. The molecule has 3 rings (SSSR count). The SMILES string of the molecule is Cn1nc(-c2c(Cl)cncc2Cl)nc1-c1ccc[n+]([O-])c1. The Hall–Kier alpha value is -2.18. The van der Waals surface area contributed by atoms with Crippen LogP contribution in [0, 0.1) is 5.21 Å². The smallest absolute Gasteiger partial charge is 0.191 e. The van der Waals surface area contributed by atoms with Crippen LogP contribution in [0.2, 0.25) is 10.0 Å². The number of aryl methyl sites for hydroxylation is 1. The van der Waals surface area contributed by atoms with Crippen molar-refractivity contribution in [3.63, 3.8) is 0 Å². The molecule has 0 aromatic carbocycles. The summed E-state index contributed by atoms with van der Waals surface area (Å²) in [5.74, 6) is 0.922. The number of halogens is 2. The lowest BCUT2D eigenvalue weighted by molar-refractivity contribution is -0.604. The second-order valence-electron chi connectivity index (χ2n) is 4.31. The number of pyridine rings is 2. The van der Waals surface area contributed by atoms with E-state index in [2.05, 4.69) is 15.1 Å². The van der Waals surface area contributed by atoms with Gasteiger partial charge in [-0.15, -0.1) is 0 Å². The zero-order valence-electron chi connectivity index (χ0n) is 10.9. The van der Waals surface area contributed by atoms with E-state index in [-0.39, 0.29) is 0 Å². The molecular weight excluding hydrogens is 313 g/mol. The molecule has 0 N–H and O–H groups in total. The first-order chi connectivity index (χ1) is 10.1. The van der Waals surface area contributed by atoms with Gasteiger partial charge in [0, 0.05) is 25.5 Å². The molecule has 0 amide bonds. The van der Waals surface area contributed by atoms with Crippen LogP contribution >= 0.6 is 23.2 Å². The molecule has 6 nitrogen and oxygen atoms in total. The van der Waals surface area contributed by atoms with E-state index in [4.69, 9.17) is 23.2 Å². The molecule has 3 heterocycles. The third kappa shape index (κ3) is 2.55. The Bertz CT molecular complexity index is 798. The van der Waals surface area contributed by atoms with Gasteiger partial charge < -0.3 is 5.21 Å². The van der Waals surface area contributed by atoms with Crippen molar-refractivity contribution in [1.29, 1.82) is 0 Å². The highest BCUT2D eigenvalue weighted by molar-refractivity contribution is 6.38. The van der Waals surface area contributed by atoms with Crippen molar-refractivity contribution in [2.75, 3.05) is 0 Å². The zero-order chi connectivity index (χ0) is 15.0. The fourth-order valence-corrected chi connectivity index (χ4v) is 2.49. The van der Waals surface area contributed by atoms with Gasteiger partial charge in [-0.2, -0.15) is 9.83 Å². The highest BCUT2D eigenvalue weighted by atomic mass is 35.5. The molecule has 0 saturated heterocycles. The number of nitrogens with zero attached hydrogens (tertiary/aromatic N) is 5. The Balaban J connectivity index is 2.14. The lowest BCUT2D eigenvalue weighted by Crippen LogP contribution is -2.24. The lowest BCUT2D eigenvalue weighted by atomic mass is 10.2. The fourth-order valence-electron chi connectivity index (χ4n) is 1.95. The van der Waals surface area contributed by atoms with Gasteiger partial charge >= 0.3 is 0 Å². The topological polar surface area (TPSA) is 70.5 Å². The van der Waals surface area contributed by atoms with E-state index in [9.17, 15) is 5.21 Å². The average Bonchev–Trinajstić information content (AvgIpc) is 2.80. The van der Waals surface area contributed by atoms with Crippen molar-refractivity contribution in [3.8, 4) is 22.8 Å². The van der Waals surface area contributed by atoms with E-state index >= 15 is 0 Å². The maximum atomic E-state index is 11.4. The summed E-state index contributed by atoms with van der Waals surface area (Å²) in [6.45, 7) is 0. The Kier molecular flexibility index (Phi) is 3.48. The first-order valence-electron chi connectivity index (χ1n) is 5.96. The Morgan fingerprint density at radius 1 is 1.24 bits per heavy atom. The van der Waals surface area contributed by atoms with Crippen LogP contribution in [0.5, 0.6) is 0 Å². The molecule has 106 valence electrons. The summed E-state index contributed by atoms with van der Waals surface area (Å²) in [6.07, 6.45) is 5.78. The fraction of sp³-hybridized carbons (Fsp3) is 0.0769. The van der Waals surface area contributed by atoms with Crippen LogP contribution in [0.1, 0.15) is 0 Å². The molecule has 3 aromatic heterocycles. The molecule has 3 aromatic rings. The minimum absolute atomic E-state index is 0.367. The predicted octanol–water partition coefficient (Wildman–Crippen LogP) is 2.48. The first kappa shape index (κ1) is 13.8. The van der Waals surface area contributed by atoms with Crippen molar-refractivity contribution in [2.45, 2.75) is 0 Å². The van der Waals surface area contributed by atoms with E-state index in [1.807, 2.05) is 0 Å². The van der Waals surface area contributed by atoms with Crippen LogP contribution in [-0.4, -0.2) is 19.7 Å². The van der Waals surface area contributed by atoms with Crippen molar-refractivity contribution in [1.82, 2.24) is 19.7 Å². The van der Waals surface area contributed by atoms with Crippen molar-refractivity contribution >= 4 is 23.2 Å². The van der Waals surface area contributed by atoms with Crippen molar-refractivity contribution in [2.24, 2.45) is 7.05 Å². The molecule has 0 aliphatic carbocycles. The summed E-state index contributed by atoms with van der Waals surface area (Å²) >= 11 is 12.2. The monoisotopic (exact) mass is 321 g/mol. The number of aromatic nitrogens is 5. The van der Waals surface area contributed by atoms with E-state index in [1.54, 1.807) is 23.9 Å². The van der Waals surface area contributed by atoms with Gasteiger partial charge in [-0.3, -0.25) is 4.98 Å². The van der Waals surface area contributed by atoms with Gasteiger partial charge in [-0.25, -0.2) is 9.67 Å². The highest BCUT2D eigenvalue weighted by Crippen LogP contribution is 2.32. The summed E-state index contributed by atoms with van der Waals surface area (Å²) in [6, 6.07) is 3.42. The largest absolute Gasteiger partial charge is 0.619 e. The number of hydrogen-bond acceptors (Lipinski definition) is 4. The van der Waals surface area contributed by atoms with Gasteiger partial charge in [0.2, 0.25) is 0 Å². The van der Waals surface area contributed by atoms with Crippen molar-refractivity contribution < 1.29 is 4.73 Å². The van der Waals surface area contributed by atoms with Gasteiger partial charge in [0.25, 0.3) is 0 Å². The van der Waals surface area contributed by atoms with Crippen LogP contribution < -0.4 is 4.73 Å². The third-order valence-corrected chi connectivity index (χ3v) is 3.45. The molecule has 0 aliphatic rings. The Labute approximate surface area is 130 Å². The maximum absolute atomic E-state index is 11.4. The molecular formula is C13H9Cl2N5O. The van der Waals surface area contributed by atoms with Gasteiger partial charge in [0.05, 0.1) is 21.2 Å². The van der Waals surface area contributed by atoms with Gasteiger partial charge in [0.1, 0.15) is 0 Å². The molecule has 0 atom stereocenters. The second kappa shape index (κ2) is 5.31. The maximum Gasteiger partial charge on any atom is 0.191 e. The van der Waals surface area contributed by atoms with Gasteiger partial charge in [-0.05, 0) is 6.07 Å². The molecule has 0 radical (unpaired) electrons. The van der Waals surface area contributed by atoms with Crippen LogP contribution in [0.25, 0.3) is 22.8 Å². The van der Waals surface area contributed by atoms with E-state index in [0.717, 1.165) is 0 Å². The highest BCUT2D eigenvalue weighted by Gasteiger charge is 2.17. The number of hydrogen-bond donors (Lipinski definition) is 0. The van der Waals surface area contributed by atoms with Crippen molar-refractivity contribution in [3.05, 3.63) is 52.2 Å². The van der Waals surface area contributed by atoms with E-state index < -0.39 is 0 Å². The molecule has 0 unspecified atom stereocenters. The number of rotatable bonds is 2. The average molecular weight is 322 g/mol. The lowest BCUT2D eigenvalue weighted by Gasteiger charge is -2.00. The van der Waals surface area contributed by atoms with Crippen LogP contribution in [0.15, 0.2) is 36.9 Å². The van der Waals surface area contributed by atoms with E-state index in [1.165, 1.54) is 24.8 Å². The summed E-state index contributed by atoms with van der Waals surface area (Å²) in [5.41, 5.74) is 1.16. The molecule has 0 saturated carbocycles.